The predicted octanol–water partition coefficient (Wildman–Crippen LogP) is 4.09. The van der Waals surface area contributed by atoms with Crippen molar-refractivity contribution in [3.63, 3.8) is 0 Å². The molecule has 35 heavy (non-hydrogen) atoms. The van der Waals surface area contributed by atoms with Gasteiger partial charge >= 0.3 is 5.97 Å². The Morgan fingerprint density at radius 1 is 1.11 bits per heavy atom. The summed E-state index contributed by atoms with van der Waals surface area (Å²) < 4.78 is 32.3. The van der Waals surface area contributed by atoms with Gasteiger partial charge in [-0.25, -0.2) is 22.2 Å². The first-order valence-electron chi connectivity index (χ1n) is 10.3. The minimum atomic E-state index is -3.57. The number of benzene rings is 2. The minimum Gasteiger partial charge on any atom is -0.451 e. The molecule has 0 aliphatic heterocycles. The van der Waals surface area contributed by atoms with Gasteiger partial charge in [0.25, 0.3) is 5.91 Å². The van der Waals surface area contributed by atoms with E-state index in [1.54, 1.807) is 22.9 Å². The molecular weight excluding hydrogens is 512 g/mol. The van der Waals surface area contributed by atoms with E-state index >= 15 is 0 Å². The molecule has 0 unspecified atom stereocenters. The van der Waals surface area contributed by atoms with Crippen LogP contribution in [0.2, 0.25) is 5.02 Å². The maximum absolute atomic E-state index is 12.6. The zero-order chi connectivity index (χ0) is 25.3. The molecule has 9 nitrogen and oxygen atoms in total. The first-order chi connectivity index (χ1) is 16.6. The number of aromatic nitrogens is 2. The molecular formula is C23H21ClN4O5S2. The Morgan fingerprint density at radius 3 is 2.40 bits per heavy atom. The van der Waals surface area contributed by atoms with Crippen molar-refractivity contribution in [1.82, 2.24) is 14.1 Å². The number of esters is 1. The number of amides is 1. The number of thiophene rings is 1. The molecule has 0 aliphatic rings. The number of nitrogens with one attached hydrogen (secondary N) is 1. The van der Waals surface area contributed by atoms with E-state index in [4.69, 9.17) is 16.3 Å². The summed E-state index contributed by atoms with van der Waals surface area (Å²) in [5.74, 6) is -1.18. The van der Waals surface area contributed by atoms with Crippen molar-refractivity contribution >= 4 is 60.7 Å². The second-order valence-electron chi connectivity index (χ2n) is 7.74. The lowest BCUT2D eigenvalue weighted by Crippen LogP contribution is -2.22. The highest BCUT2D eigenvalue weighted by Gasteiger charge is 2.20. The highest BCUT2D eigenvalue weighted by Crippen LogP contribution is 2.31. The van der Waals surface area contributed by atoms with Crippen molar-refractivity contribution in [2.75, 3.05) is 26.0 Å². The maximum atomic E-state index is 12.6. The van der Waals surface area contributed by atoms with E-state index in [2.05, 4.69) is 10.4 Å². The molecule has 0 saturated carbocycles. The second kappa shape index (κ2) is 9.78. The standard InChI is InChI=1S/C23H21ClN4O5S2/c1-14-19-12-20(34-22(19)28(26-14)17-8-4-15(24)5-9-17)23(30)33-13-21(29)25-16-6-10-18(11-7-16)35(31,32)27(2)3/h4-12H,13H2,1-3H3,(H,25,29). The summed E-state index contributed by atoms with van der Waals surface area (Å²) in [5.41, 5.74) is 1.94. The van der Waals surface area contributed by atoms with Crippen molar-refractivity contribution in [1.29, 1.82) is 0 Å². The minimum absolute atomic E-state index is 0.101. The van der Waals surface area contributed by atoms with Crippen LogP contribution in [-0.4, -0.2) is 55.1 Å². The summed E-state index contributed by atoms with van der Waals surface area (Å²) in [6, 6.07) is 14.6. The lowest BCUT2D eigenvalue weighted by molar-refractivity contribution is -0.119. The van der Waals surface area contributed by atoms with Crippen molar-refractivity contribution in [2.45, 2.75) is 11.8 Å². The molecule has 2 heterocycles. The van der Waals surface area contributed by atoms with E-state index in [1.165, 1.54) is 49.7 Å². The third-order valence-electron chi connectivity index (χ3n) is 5.07. The molecule has 1 N–H and O–H groups in total. The number of aryl methyl sites for hydroxylation is 1. The van der Waals surface area contributed by atoms with Crippen molar-refractivity contribution in [2.24, 2.45) is 0 Å². The lowest BCUT2D eigenvalue weighted by Gasteiger charge is -2.12. The van der Waals surface area contributed by atoms with Crippen molar-refractivity contribution in [3.05, 3.63) is 70.2 Å². The summed E-state index contributed by atoms with van der Waals surface area (Å²) in [6.07, 6.45) is 0. The number of nitrogens with zero attached hydrogens (tertiary/aromatic N) is 3. The third kappa shape index (κ3) is 5.22. The quantitative estimate of drug-likeness (QED) is 0.359. The number of ether oxygens (including phenoxy) is 1. The Kier molecular flexibility index (Phi) is 6.95. The monoisotopic (exact) mass is 532 g/mol. The number of carbonyl (C=O) groups is 2. The molecule has 2 aromatic carbocycles. The Labute approximate surface area is 210 Å². The van der Waals surface area contributed by atoms with Gasteiger partial charge in [-0.05, 0) is 61.5 Å². The number of anilines is 1. The van der Waals surface area contributed by atoms with E-state index in [0.29, 0.717) is 15.6 Å². The largest absolute Gasteiger partial charge is 0.451 e. The van der Waals surface area contributed by atoms with E-state index < -0.39 is 28.5 Å². The number of fused-ring (bicyclic) bond motifs is 1. The predicted molar refractivity (Wildman–Crippen MR) is 135 cm³/mol. The van der Waals surface area contributed by atoms with Gasteiger partial charge in [-0.2, -0.15) is 5.10 Å². The van der Waals surface area contributed by atoms with Gasteiger partial charge in [0.15, 0.2) is 6.61 Å². The van der Waals surface area contributed by atoms with Gasteiger partial charge in [-0.3, -0.25) is 4.79 Å². The maximum Gasteiger partial charge on any atom is 0.348 e. The molecule has 2 aromatic heterocycles. The van der Waals surface area contributed by atoms with Gasteiger partial charge in [0.2, 0.25) is 10.0 Å². The average Bonchev–Trinajstić information content (AvgIpc) is 3.39. The topological polar surface area (TPSA) is 111 Å². The molecule has 0 spiro atoms. The zero-order valence-electron chi connectivity index (χ0n) is 19.0. The highest BCUT2D eigenvalue weighted by molar-refractivity contribution is 7.89. The van der Waals surface area contributed by atoms with E-state index in [9.17, 15) is 18.0 Å². The fraction of sp³-hybridized carbons (Fsp3) is 0.174. The summed E-state index contributed by atoms with van der Waals surface area (Å²) in [4.78, 5) is 26.0. The van der Waals surface area contributed by atoms with Gasteiger partial charge in [0.1, 0.15) is 9.71 Å². The van der Waals surface area contributed by atoms with Crippen LogP contribution in [-0.2, 0) is 19.6 Å². The van der Waals surface area contributed by atoms with Crippen LogP contribution in [0, 0.1) is 6.92 Å². The molecule has 0 aliphatic carbocycles. The normalized spacial score (nSPS) is 11.7. The molecule has 182 valence electrons. The van der Waals surface area contributed by atoms with Crippen molar-refractivity contribution < 1.29 is 22.7 Å². The van der Waals surface area contributed by atoms with E-state index in [-0.39, 0.29) is 4.90 Å². The van der Waals surface area contributed by atoms with Gasteiger partial charge in [0.05, 0.1) is 16.3 Å². The number of halogens is 1. The van der Waals surface area contributed by atoms with E-state index in [1.807, 2.05) is 19.1 Å². The average molecular weight is 533 g/mol. The van der Waals surface area contributed by atoms with Crippen LogP contribution in [0.1, 0.15) is 15.4 Å². The van der Waals surface area contributed by atoms with Gasteiger partial charge in [-0.15, -0.1) is 11.3 Å². The summed E-state index contributed by atoms with van der Waals surface area (Å²) >= 11 is 7.18. The number of hydrogen-bond acceptors (Lipinski definition) is 7. The molecule has 0 bridgehead atoms. The Balaban J connectivity index is 1.41. The lowest BCUT2D eigenvalue weighted by atomic mass is 10.3. The van der Waals surface area contributed by atoms with Crippen LogP contribution in [0.5, 0.6) is 0 Å². The van der Waals surface area contributed by atoms with Gasteiger partial charge in [0, 0.05) is 30.2 Å². The Bertz CT molecular complexity index is 1510. The summed E-state index contributed by atoms with van der Waals surface area (Å²) in [5, 5.41) is 8.53. The van der Waals surface area contributed by atoms with Gasteiger partial charge < -0.3 is 10.1 Å². The van der Waals surface area contributed by atoms with Crippen LogP contribution in [0.25, 0.3) is 15.9 Å². The van der Waals surface area contributed by atoms with Crippen LogP contribution in [0.4, 0.5) is 5.69 Å². The molecule has 4 rings (SSSR count). The third-order valence-corrected chi connectivity index (χ3v) is 8.24. The molecule has 1 amide bonds. The molecule has 12 heteroatoms. The fourth-order valence-corrected chi connectivity index (χ4v) is 5.33. The van der Waals surface area contributed by atoms with E-state index in [0.717, 1.165) is 25.9 Å². The molecule has 0 radical (unpaired) electrons. The first-order valence-corrected chi connectivity index (χ1v) is 12.9. The Morgan fingerprint density at radius 2 is 1.77 bits per heavy atom. The number of sulfonamides is 1. The van der Waals surface area contributed by atoms with Crippen LogP contribution in [0.15, 0.2) is 59.5 Å². The van der Waals surface area contributed by atoms with Crippen molar-refractivity contribution in [3.8, 4) is 5.69 Å². The number of hydrogen-bond donors (Lipinski definition) is 1. The zero-order valence-corrected chi connectivity index (χ0v) is 21.4. The summed E-state index contributed by atoms with van der Waals surface area (Å²) in [6.45, 7) is 1.35. The molecule has 0 saturated heterocycles. The SMILES string of the molecule is Cc1nn(-c2ccc(Cl)cc2)c2sc(C(=O)OCC(=O)Nc3ccc(S(=O)(=O)N(C)C)cc3)cc12. The number of rotatable bonds is 7. The molecule has 0 fully saturated rings. The molecule has 4 aromatic rings. The fourth-order valence-electron chi connectivity index (χ4n) is 3.23. The highest BCUT2D eigenvalue weighted by atomic mass is 35.5. The molecule has 0 atom stereocenters. The van der Waals surface area contributed by atoms with Crippen LogP contribution in [0.3, 0.4) is 0 Å². The number of carbonyl (C=O) groups excluding carboxylic acids is 2. The van der Waals surface area contributed by atoms with Crippen LogP contribution >= 0.6 is 22.9 Å². The first kappa shape index (κ1) is 24.9. The van der Waals surface area contributed by atoms with Gasteiger partial charge in [-0.1, -0.05) is 11.6 Å². The summed E-state index contributed by atoms with van der Waals surface area (Å²) in [7, 11) is -0.695. The Hall–Kier alpha value is -3.25. The smallest absolute Gasteiger partial charge is 0.348 e. The second-order valence-corrected chi connectivity index (χ2v) is 11.4. The van der Waals surface area contributed by atoms with Crippen LogP contribution < -0.4 is 5.32 Å².